The first-order valence-electron chi connectivity index (χ1n) is 4.51. The molecule has 0 rings (SSSR count). The van der Waals surface area contributed by atoms with E-state index in [0.29, 0.717) is 26.4 Å². The minimum Gasteiger partial charge on any atom is -0.378 e. The summed E-state index contributed by atoms with van der Waals surface area (Å²) in [5.41, 5.74) is 0. The number of ether oxygens (including phenoxy) is 2. The summed E-state index contributed by atoms with van der Waals surface area (Å²) >= 11 is 7.86. The molecule has 0 atom stereocenters. The molecular weight excluding hydrogens is 218 g/mol. The normalized spacial score (nSPS) is 9.57. The van der Waals surface area contributed by atoms with Crippen molar-refractivity contribution in [2.24, 2.45) is 0 Å². The average Bonchev–Trinajstić information content (AvgIpc) is 2.21. The van der Waals surface area contributed by atoms with Crippen molar-refractivity contribution in [3.8, 4) is 11.8 Å². The molecule has 0 aromatic rings. The maximum Gasteiger partial charge on any atom is 0.107 e. The standard InChI is InChI=1S/C9H17NO2S2/c13-9-3-1-2-5-11-7-8-12-6-4-10-14/h10,13-14H,3-9H2. The van der Waals surface area contributed by atoms with E-state index in [2.05, 4.69) is 42.0 Å². The number of hydrogen-bond acceptors (Lipinski definition) is 5. The quantitative estimate of drug-likeness (QED) is 0.330. The Bertz CT molecular complexity index is 168. The van der Waals surface area contributed by atoms with Crippen LogP contribution in [-0.4, -0.2) is 38.7 Å². The van der Waals surface area contributed by atoms with Gasteiger partial charge in [0, 0.05) is 18.7 Å². The Kier molecular flexibility index (Phi) is 13.3. The van der Waals surface area contributed by atoms with Gasteiger partial charge in [0.1, 0.15) is 6.61 Å². The second kappa shape index (κ2) is 13.1. The van der Waals surface area contributed by atoms with Crippen LogP contribution in [0.5, 0.6) is 0 Å². The van der Waals surface area contributed by atoms with E-state index in [4.69, 9.17) is 9.47 Å². The van der Waals surface area contributed by atoms with E-state index >= 15 is 0 Å². The monoisotopic (exact) mass is 235 g/mol. The van der Waals surface area contributed by atoms with E-state index in [-0.39, 0.29) is 0 Å². The zero-order chi connectivity index (χ0) is 10.5. The minimum atomic E-state index is 0.474. The summed E-state index contributed by atoms with van der Waals surface area (Å²) in [5, 5.41) is 0. The molecule has 0 amide bonds. The Balaban J connectivity index is 2.96. The molecule has 5 heteroatoms. The molecule has 0 heterocycles. The third-order valence-electron chi connectivity index (χ3n) is 1.27. The molecule has 3 nitrogen and oxygen atoms in total. The maximum atomic E-state index is 5.20. The SMILES string of the molecule is SCCC#CCOCCOCCNS. The molecule has 0 radical (unpaired) electrons. The molecule has 0 bridgehead atoms. The molecule has 0 aromatic carbocycles. The fraction of sp³-hybridized carbons (Fsp3) is 0.778. The van der Waals surface area contributed by atoms with Gasteiger partial charge in [0.25, 0.3) is 0 Å². The van der Waals surface area contributed by atoms with Crippen LogP contribution in [-0.2, 0) is 9.47 Å². The first-order valence-corrected chi connectivity index (χ1v) is 5.58. The summed E-state index contributed by atoms with van der Waals surface area (Å²) in [6.45, 7) is 3.05. The molecule has 1 N–H and O–H groups in total. The predicted octanol–water partition coefficient (Wildman–Crippen LogP) is 0.777. The van der Waals surface area contributed by atoms with Gasteiger partial charge in [0.2, 0.25) is 0 Å². The lowest BCUT2D eigenvalue weighted by molar-refractivity contribution is 0.0629. The van der Waals surface area contributed by atoms with Crippen LogP contribution >= 0.6 is 25.4 Å². The van der Waals surface area contributed by atoms with Gasteiger partial charge in [-0.3, -0.25) is 4.72 Å². The molecule has 0 aliphatic rings. The van der Waals surface area contributed by atoms with E-state index in [0.717, 1.165) is 18.7 Å². The highest BCUT2D eigenvalue weighted by Crippen LogP contribution is 1.80. The lowest BCUT2D eigenvalue weighted by Crippen LogP contribution is -2.12. The second-order valence-corrected chi connectivity index (χ2v) is 3.16. The van der Waals surface area contributed by atoms with Crippen molar-refractivity contribution in [2.45, 2.75) is 6.42 Å². The van der Waals surface area contributed by atoms with Gasteiger partial charge < -0.3 is 9.47 Å². The van der Waals surface area contributed by atoms with E-state index in [9.17, 15) is 0 Å². The summed E-state index contributed by atoms with van der Waals surface area (Å²) in [4.78, 5) is 0. The fourth-order valence-electron chi connectivity index (χ4n) is 0.656. The van der Waals surface area contributed by atoms with Gasteiger partial charge in [-0.2, -0.15) is 12.6 Å². The van der Waals surface area contributed by atoms with Crippen molar-refractivity contribution >= 4 is 25.4 Å². The third-order valence-corrected chi connectivity index (χ3v) is 1.71. The Labute approximate surface area is 96.9 Å². The van der Waals surface area contributed by atoms with Gasteiger partial charge in [0.05, 0.1) is 19.8 Å². The molecule has 82 valence electrons. The zero-order valence-corrected chi connectivity index (χ0v) is 9.95. The minimum absolute atomic E-state index is 0.474. The summed E-state index contributed by atoms with van der Waals surface area (Å²) in [5.74, 6) is 6.62. The molecule has 0 unspecified atom stereocenters. The average molecular weight is 235 g/mol. The van der Waals surface area contributed by atoms with Crippen LogP contribution in [0.15, 0.2) is 0 Å². The number of hydrogen-bond donors (Lipinski definition) is 3. The molecule has 14 heavy (non-hydrogen) atoms. The van der Waals surface area contributed by atoms with E-state index in [1.165, 1.54) is 0 Å². The number of thiol groups is 2. The fourth-order valence-corrected chi connectivity index (χ4v) is 0.859. The van der Waals surface area contributed by atoms with Crippen molar-refractivity contribution in [2.75, 3.05) is 38.7 Å². The highest BCUT2D eigenvalue weighted by Gasteiger charge is 1.87. The largest absolute Gasteiger partial charge is 0.378 e. The summed E-state index contributed by atoms with van der Waals surface area (Å²) < 4.78 is 13.1. The molecule has 0 saturated heterocycles. The highest BCUT2D eigenvalue weighted by atomic mass is 32.1. The second-order valence-electron chi connectivity index (χ2n) is 2.40. The van der Waals surface area contributed by atoms with Gasteiger partial charge in [0.15, 0.2) is 0 Å². The zero-order valence-electron chi connectivity index (χ0n) is 8.16. The number of nitrogens with one attached hydrogen (secondary N) is 1. The third kappa shape index (κ3) is 12.1. The molecule has 0 aliphatic carbocycles. The molecule has 0 fully saturated rings. The van der Waals surface area contributed by atoms with Crippen LogP contribution in [0.2, 0.25) is 0 Å². The van der Waals surface area contributed by atoms with Crippen LogP contribution in [0.3, 0.4) is 0 Å². The van der Waals surface area contributed by atoms with Gasteiger partial charge in [-0.15, -0.1) is 5.92 Å². The van der Waals surface area contributed by atoms with Gasteiger partial charge in [-0.1, -0.05) is 18.7 Å². The Morgan fingerprint density at radius 1 is 1.07 bits per heavy atom. The summed E-state index contributed by atoms with van der Waals surface area (Å²) in [6.07, 6.45) is 0.816. The highest BCUT2D eigenvalue weighted by molar-refractivity contribution is 7.80. The lowest BCUT2D eigenvalue weighted by Gasteiger charge is -2.02. The molecule has 0 aliphatic heterocycles. The Morgan fingerprint density at radius 3 is 2.57 bits per heavy atom. The van der Waals surface area contributed by atoms with Gasteiger partial charge >= 0.3 is 0 Å². The van der Waals surface area contributed by atoms with Crippen LogP contribution in [0.1, 0.15) is 6.42 Å². The lowest BCUT2D eigenvalue weighted by atomic mass is 10.5. The van der Waals surface area contributed by atoms with Crippen LogP contribution in [0.25, 0.3) is 0 Å². The van der Waals surface area contributed by atoms with Gasteiger partial charge in [-0.25, -0.2) is 0 Å². The van der Waals surface area contributed by atoms with Gasteiger partial charge in [-0.05, 0) is 0 Å². The van der Waals surface area contributed by atoms with Crippen LogP contribution < -0.4 is 4.72 Å². The molecule has 0 spiro atoms. The first-order chi connectivity index (χ1) is 6.91. The molecule has 0 aromatic heterocycles. The molecular formula is C9H17NO2S2. The molecule has 0 saturated carbocycles. The van der Waals surface area contributed by atoms with Crippen molar-refractivity contribution < 1.29 is 9.47 Å². The van der Waals surface area contributed by atoms with Crippen LogP contribution in [0, 0.1) is 11.8 Å². The van der Waals surface area contributed by atoms with Crippen LogP contribution in [0.4, 0.5) is 0 Å². The van der Waals surface area contributed by atoms with E-state index in [1.54, 1.807) is 0 Å². The summed E-state index contributed by atoms with van der Waals surface area (Å²) in [6, 6.07) is 0. The topological polar surface area (TPSA) is 30.5 Å². The first kappa shape index (κ1) is 14.1. The number of rotatable bonds is 8. The predicted molar refractivity (Wildman–Crippen MR) is 64.9 cm³/mol. The van der Waals surface area contributed by atoms with Crippen molar-refractivity contribution in [1.29, 1.82) is 0 Å². The van der Waals surface area contributed by atoms with Crippen molar-refractivity contribution in [3.05, 3.63) is 0 Å². The van der Waals surface area contributed by atoms with E-state index in [1.807, 2.05) is 0 Å². The maximum absolute atomic E-state index is 5.20. The van der Waals surface area contributed by atoms with Crippen molar-refractivity contribution in [1.82, 2.24) is 4.72 Å². The van der Waals surface area contributed by atoms with E-state index < -0.39 is 0 Å². The summed E-state index contributed by atoms with van der Waals surface area (Å²) in [7, 11) is 0. The Hall–Kier alpha value is 0.140. The van der Waals surface area contributed by atoms with Crippen molar-refractivity contribution in [3.63, 3.8) is 0 Å². The Morgan fingerprint density at radius 2 is 1.86 bits per heavy atom. The smallest absolute Gasteiger partial charge is 0.107 e.